The third-order valence-electron chi connectivity index (χ3n) is 8.40. The predicted octanol–water partition coefficient (Wildman–Crippen LogP) is 0.149. The lowest BCUT2D eigenvalue weighted by molar-refractivity contribution is -0.330. The van der Waals surface area contributed by atoms with E-state index < -0.39 is 69.7 Å². The minimum Gasteiger partial charge on any atom is -0.405 e. The Morgan fingerprint density at radius 2 is 1.19 bits per heavy atom. The van der Waals surface area contributed by atoms with Crippen LogP contribution < -0.4 is 10.4 Å². The lowest BCUT2D eigenvalue weighted by atomic mass is 9.98. The molecule has 0 saturated carbocycles. The Kier molecular flexibility index (Phi) is 11.5. The number of methoxy groups -OCH3 is 3. The zero-order chi connectivity index (χ0) is 31.4. The lowest BCUT2D eigenvalue weighted by Crippen LogP contribution is -2.68. The average Bonchev–Trinajstić information content (AvgIpc) is 3.00. The van der Waals surface area contributed by atoms with Crippen molar-refractivity contribution in [3.05, 3.63) is 60.7 Å². The summed E-state index contributed by atoms with van der Waals surface area (Å²) in [6, 6.07) is 20.0. The highest BCUT2D eigenvalue weighted by molar-refractivity contribution is 6.99. The smallest absolute Gasteiger partial charge is 0.261 e. The van der Waals surface area contributed by atoms with E-state index in [1.807, 2.05) is 36.4 Å². The highest BCUT2D eigenvalue weighted by atomic mass is 28.4. The predicted molar refractivity (Wildman–Crippen MR) is 159 cm³/mol. The Hall–Kier alpha value is -1.78. The van der Waals surface area contributed by atoms with Crippen LogP contribution >= 0.6 is 0 Å². The van der Waals surface area contributed by atoms with Crippen molar-refractivity contribution in [2.45, 2.75) is 87.2 Å². The van der Waals surface area contributed by atoms with E-state index in [1.165, 1.54) is 21.3 Å². The molecule has 11 nitrogen and oxygen atoms in total. The molecule has 2 fully saturated rings. The summed E-state index contributed by atoms with van der Waals surface area (Å²) in [6.45, 7) is 6.15. The van der Waals surface area contributed by atoms with Gasteiger partial charge in [-0.2, -0.15) is 0 Å². The second-order valence-electron chi connectivity index (χ2n) is 12.0. The molecular weight excluding hydrogens is 576 g/mol. The van der Waals surface area contributed by atoms with E-state index in [0.717, 1.165) is 10.4 Å². The minimum atomic E-state index is -2.98. The molecule has 2 saturated heterocycles. The van der Waals surface area contributed by atoms with Crippen molar-refractivity contribution in [2.24, 2.45) is 0 Å². The first-order chi connectivity index (χ1) is 20.5. The summed E-state index contributed by atoms with van der Waals surface area (Å²) in [4.78, 5) is 0. The molecule has 0 amide bonds. The second-order valence-corrected chi connectivity index (χ2v) is 16.3. The van der Waals surface area contributed by atoms with Crippen LogP contribution in [0.15, 0.2) is 60.7 Å². The molecule has 2 aromatic carbocycles. The first-order valence-corrected chi connectivity index (χ1v) is 16.4. The Morgan fingerprint density at radius 3 is 1.67 bits per heavy atom. The number of hydrogen-bond acceptors (Lipinski definition) is 11. The first kappa shape index (κ1) is 34.1. The normalized spacial score (nSPS) is 33.8. The minimum absolute atomic E-state index is 0.0707. The maximum absolute atomic E-state index is 11.0. The summed E-state index contributed by atoms with van der Waals surface area (Å²) < 4.78 is 40.9. The molecule has 12 heteroatoms. The zero-order valence-electron chi connectivity index (χ0n) is 25.6. The van der Waals surface area contributed by atoms with Gasteiger partial charge in [0.2, 0.25) is 0 Å². The molecule has 10 atom stereocenters. The molecule has 2 heterocycles. The molecule has 240 valence electrons. The molecule has 0 radical (unpaired) electrons. The fraction of sp³-hybridized carbons (Fsp3) is 0.613. The van der Waals surface area contributed by atoms with E-state index in [-0.39, 0.29) is 18.3 Å². The van der Waals surface area contributed by atoms with Crippen molar-refractivity contribution in [3.63, 3.8) is 0 Å². The van der Waals surface area contributed by atoms with Gasteiger partial charge >= 0.3 is 0 Å². The van der Waals surface area contributed by atoms with Crippen LogP contribution in [0.2, 0.25) is 5.04 Å². The number of ether oxygens (including phenoxy) is 6. The number of benzene rings is 2. The van der Waals surface area contributed by atoms with E-state index in [2.05, 4.69) is 45.0 Å². The zero-order valence-corrected chi connectivity index (χ0v) is 26.6. The largest absolute Gasteiger partial charge is 0.405 e. The number of aliphatic hydroxyl groups is 4. The van der Waals surface area contributed by atoms with Gasteiger partial charge in [-0.05, 0) is 15.4 Å². The van der Waals surface area contributed by atoms with Crippen molar-refractivity contribution < 1.29 is 53.3 Å². The fourth-order valence-corrected chi connectivity index (χ4v) is 10.8. The van der Waals surface area contributed by atoms with Crippen LogP contribution in [0.3, 0.4) is 0 Å². The summed E-state index contributed by atoms with van der Waals surface area (Å²) in [5.41, 5.74) is 0. The Morgan fingerprint density at radius 1 is 0.651 bits per heavy atom. The molecule has 4 N–H and O–H groups in total. The third kappa shape index (κ3) is 6.91. The van der Waals surface area contributed by atoms with Crippen molar-refractivity contribution >= 4 is 18.7 Å². The van der Waals surface area contributed by atoms with E-state index in [1.54, 1.807) is 0 Å². The van der Waals surface area contributed by atoms with Gasteiger partial charge in [0.25, 0.3) is 8.32 Å². The number of aliphatic hydroxyl groups excluding tert-OH is 4. The van der Waals surface area contributed by atoms with Crippen LogP contribution in [0, 0.1) is 0 Å². The van der Waals surface area contributed by atoms with E-state index in [9.17, 15) is 20.4 Å². The lowest BCUT2D eigenvalue weighted by Gasteiger charge is -2.46. The van der Waals surface area contributed by atoms with Crippen molar-refractivity contribution in [1.82, 2.24) is 0 Å². The van der Waals surface area contributed by atoms with E-state index in [4.69, 9.17) is 32.8 Å². The van der Waals surface area contributed by atoms with Crippen molar-refractivity contribution in [3.8, 4) is 0 Å². The van der Waals surface area contributed by atoms with Gasteiger partial charge in [0.15, 0.2) is 12.6 Å². The first-order valence-electron chi connectivity index (χ1n) is 14.5. The Labute approximate surface area is 254 Å². The Balaban J connectivity index is 1.54. The van der Waals surface area contributed by atoms with Crippen molar-refractivity contribution in [1.29, 1.82) is 0 Å². The summed E-state index contributed by atoms with van der Waals surface area (Å²) in [5.74, 6) is 0. The van der Waals surface area contributed by atoms with Gasteiger partial charge in [-0.25, -0.2) is 0 Å². The molecule has 0 bridgehead atoms. The van der Waals surface area contributed by atoms with Crippen LogP contribution in [0.4, 0.5) is 0 Å². The molecule has 2 aliphatic rings. The van der Waals surface area contributed by atoms with Gasteiger partial charge in [0.1, 0.15) is 48.8 Å². The summed E-state index contributed by atoms with van der Waals surface area (Å²) in [6.07, 6.45) is -11.2. The molecule has 4 rings (SSSR count). The Bertz CT molecular complexity index is 1080. The van der Waals surface area contributed by atoms with Gasteiger partial charge in [-0.1, -0.05) is 81.4 Å². The maximum Gasteiger partial charge on any atom is 0.261 e. The SMILES string of the molecule is CO[C@@H]1[C@@H](OC)[C@@H](O)O[C@H](CO[C@H]2O[C@H](CO[Si](c3ccccc3)(c3ccccc3)C(C)(C)C)[C@@H](O)[C@H](O)[C@@H]2O)[C@H]1OC. The van der Waals surface area contributed by atoms with Gasteiger partial charge in [0.05, 0.1) is 13.2 Å². The molecule has 0 aliphatic carbocycles. The van der Waals surface area contributed by atoms with Gasteiger partial charge in [-0.15, -0.1) is 0 Å². The highest BCUT2D eigenvalue weighted by Crippen LogP contribution is 2.37. The fourth-order valence-electron chi connectivity index (χ4n) is 6.18. The summed E-state index contributed by atoms with van der Waals surface area (Å²) in [5, 5.41) is 44.8. The highest BCUT2D eigenvalue weighted by Gasteiger charge is 2.53. The molecule has 0 spiro atoms. The van der Waals surface area contributed by atoms with Crippen LogP contribution in [0.5, 0.6) is 0 Å². The summed E-state index contributed by atoms with van der Waals surface area (Å²) >= 11 is 0. The topological polar surface area (TPSA) is 146 Å². The van der Waals surface area contributed by atoms with Gasteiger partial charge in [0, 0.05) is 21.3 Å². The van der Waals surface area contributed by atoms with Gasteiger partial charge < -0.3 is 53.3 Å². The molecule has 2 aliphatic heterocycles. The van der Waals surface area contributed by atoms with Crippen LogP contribution in [0.25, 0.3) is 0 Å². The van der Waals surface area contributed by atoms with Crippen LogP contribution in [-0.2, 0) is 32.8 Å². The maximum atomic E-state index is 11.0. The van der Waals surface area contributed by atoms with E-state index in [0.29, 0.717) is 0 Å². The molecule has 43 heavy (non-hydrogen) atoms. The molecule has 0 unspecified atom stereocenters. The molecule has 2 aromatic rings. The standard InChI is InChI=1S/C31H46O11Si/c1-31(2,3)43(19-13-9-7-10-14-19,20-15-11-8-12-16-20)40-18-21-23(32)24(33)25(34)30(42-21)39-17-22-26(36-4)27(37-5)28(38-6)29(35)41-22/h7-16,21-30,32-35H,17-18H2,1-6H3/t21-,22-,23-,24+,25+,26-,27+,28-,29+,30+/m1/s1. The molecular formula is C31H46O11Si. The van der Waals surface area contributed by atoms with Crippen LogP contribution in [-0.4, -0.2) is 125 Å². The summed E-state index contributed by atoms with van der Waals surface area (Å²) in [7, 11) is 1.40. The van der Waals surface area contributed by atoms with Gasteiger partial charge in [-0.3, -0.25) is 0 Å². The number of hydrogen-bond donors (Lipinski definition) is 4. The molecule has 0 aromatic heterocycles. The quantitative estimate of drug-likeness (QED) is 0.254. The van der Waals surface area contributed by atoms with Crippen LogP contribution in [0.1, 0.15) is 20.8 Å². The monoisotopic (exact) mass is 622 g/mol. The van der Waals surface area contributed by atoms with Crippen molar-refractivity contribution in [2.75, 3.05) is 34.5 Å². The third-order valence-corrected chi connectivity index (χ3v) is 13.4. The second kappa shape index (κ2) is 14.5. The van der Waals surface area contributed by atoms with E-state index >= 15 is 0 Å². The average molecular weight is 623 g/mol. The number of rotatable bonds is 11.